The predicted molar refractivity (Wildman–Crippen MR) is 46.6 cm³/mol. The van der Waals surface area contributed by atoms with E-state index in [2.05, 4.69) is 29.5 Å². The third-order valence-electron chi connectivity index (χ3n) is 2.04. The smallest absolute Gasteiger partial charge is 0.115 e. The Hall–Kier alpha value is 0.690. The Bertz CT molecular complexity index is 91.1. The lowest BCUT2D eigenvalue weighted by atomic mass is 9.89. The van der Waals surface area contributed by atoms with Crippen molar-refractivity contribution < 1.29 is 5.11 Å². The van der Waals surface area contributed by atoms with E-state index in [9.17, 15) is 5.11 Å². The molecule has 1 fully saturated rings. The SMILES string of the molecule is C[C@H]1CC[C@](O)(I)CC1. The lowest BCUT2D eigenvalue weighted by molar-refractivity contribution is 0.0958. The van der Waals surface area contributed by atoms with Gasteiger partial charge in [-0.15, -0.1) is 0 Å². The quantitative estimate of drug-likeness (QED) is 0.509. The standard InChI is InChI=1S/C7H13IO/c1-6-2-4-7(8,9)5-3-6/h6,9H,2-5H2,1H3/t6-,7+. The number of hydrogen-bond acceptors (Lipinski definition) is 1. The molecule has 0 heterocycles. The average Bonchev–Trinajstić information content (AvgIpc) is 1.78. The van der Waals surface area contributed by atoms with Crippen LogP contribution in [-0.4, -0.2) is 8.71 Å². The second kappa shape index (κ2) is 2.74. The predicted octanol–water partition coefficient (Wildman–Crippen LogP) is 2.32. The lowest BCUT2D eigenvalue weighted by Gasteiger charge is -2.29. The molecule has 1 N–H and O–H groups in total. The van der Waals surface area contributed by atoms with E-state index in [1.807, 2.05) is 0 Å². The van der Waals surface area contributed by atoms with Crippen LogP contribution in [0.4, 0.5) is 0 Å². The summed E-state index contributed by atoms with van der Waals surface area (Å²) < 4.78 is -0.371. The summed E-state index contributed by atoms with van der Waals surface area (Å²) in [6, 6.07) is 0. The topological polar surface area (TPSA) is 20.2 Å². The highest BCUT2D eigenvalue weighted by atomic mass is 127. The van der Waals surface area contributed by atoms with Gasteiger partial charge in [-0.05, 0) is 54.2 Å². The summed E-state index contributed by atoms with van der Waals surface area (Å²) in [5.74, 6) is 0.833. The van der Waals surface area contributed by atoms with Gasteiger partial charge in [0.1, 0.15) is 3.61 Å². The van der Waals surface area contributed by atoms with E-state index in [4.69, 9.17) is 0 Å². The molecule has 9 heavy (non-hydrogen) atoms. The van der Waals surface area contributed by atoms with Crippen LogP contribution in [0.3, 0.4) is 0 Å². The van der Waals surface area contributed by atoms with Crippen LogP contribution in [0.15, 0.2) is 0 Å². The summed E-state index contributed by atoms with van der Waals surface area (Å²) >= 11 is 2.16. The maximum atomic E-state index is 9.48. The Kier molecular flexibility index (Phi) is 2.37. The van der Waals surface area contributed by atoms with Crippen LogP contribution in [0.25, 0.3) is 0 Å². The molecule has 0 saturated heterocycles. The van der Waals surface area contributed by atoms with E-state index in [1.54, 1.807) is 0 Å². The zero-order valence-electron chi connectivity index (χ0n) is 5.73. The van der Waals surface area contributed by atoms with Crippen LogP contribution >= 0.6 is 22.6 Å². The molecule has 1 nitrogen and oxygen atoms in total. The van der Waals surface area contributed by atoms with Gasteiger partial charge in [-0.1, -0.05) is 6.92 Å². The first kappa shape index (κ1) is 7.79. The van der Waals surface area contributed by atoms with Gasteiger partial charge in [0.25, 0.3) is 0 Å². The second-order valence-electron chi connectivity index (χ2n) is 3.10. The molecule has 0 aromatic heterocycles. The fourth-order valence-electron chi connectivity index (χ4n) is 1.20. The summed E-state index contributed by atoms with van der Waals surface area (Å²) in [7, 11) is 0. The first-order chi connectivity index (χ1) is 4.10. The maximum Gasteiger partial charge on any atom is 0.115 e. The Morgan fingerprint density at radius 3 is 2.22 bits per heavy atom. The molecule has 0 atom stereocenters. The van der Waals surface area contributed by atoms with Gasteiger partial charge in [0.05, 0.1) is 0 Å². The van der Waals surface area contributed by atoms with E-state index in [-0.39, 0.29) is 3.61 Å². The van der Waals surface area contributed by atoms with Gasteiger partial charge >= 0.3 is 0 Å². The van der Waals surface area contributed by atoms with Crippen molar-refractivity contribution >= 4 is 22.6 Å². The van der Waals surface area contributed by atoms with Gasteiger partial charge in [-0.25, -0.2) is 0 Å². The van der Waals surface area contributed by atoms with Crippen LogP contribution in [0, 0.1) is 5.92 Å². The lowest BCUT2D eigenvalue weighted by Crippen LogP contribution is -2.25. The summed E-state index contributed by atoms with van der Waals surface area (Å²) in [6.07, 6.45) is 4.35. The van der Waals surface area contributed by atoms with Crippen molar-refractivity contribution in [3.8, 4) is 0 Å². The van der Waals surface area contributed by atoms with Crippen molar-refractivity contribution in [1.82, 2.24) is 0 Å². The minimum absolute atomic E-state index is 0.371. The number of aliphatic hydroxyl groups is 1. The van der Waals surface area contributed by atoms with Gasteiger partial charge in [0.2, 0.25) is 0 Å². The molecule has 0 unspecified atom stereocenters. The normalized spacial score (nSPS) is 45.0. The molecule has 2 heteroatoms. The van der Waals surface area contributed by atoms with E-state index in [1.165, 1.54) is 12.8 Å². The molecule has 1 saturated carbocycles. The molecule has 0 amide bonds. The van der Waals surface area contributed by atoms with Gasteiger partial charge in [-0.3, -0.25) is 0 Å². The highest BCUT2D eigenvalue weighted by Gasteiger charge is 2.27. The number of rotatable bonds is 0. The van der Waals surface area contributed by atoms with E-state index >= 15 is 0 Å². The molecule has 0 radical (unpaired) electrons. The molecule has 1 rings (SSSR count). The van der Waals surface area contributed by atoms with Crippen molar-refractivity contribution in [2.45, 2.75) is 36.2 Å². The van der Waals surface area contributed by atoms with Gasteiger partial charge in [0.15, 0.2) is 0 Å². The summed E-state index contributed by atoms with van der Waals surface area (Å²) in [5.41, 5.74) is 0. The minimum Gasteiger partial charge on any atom is -0.380 e. The van der Waals surface area contributed by atoms with Gasteiger partial charge in [0, 0.05) is 0 Å². The Labute approximate surface area is 70.0 Å². The fourth-order valence-corrected chi connectivity index (χ4v) is 1.83. The van der Waals surface area contributed by atoms with Crippen LogP contribution in [0.2, 0.25) is 0 Å². The maximum absolute atomic E-state index is 9.48. The fraction of sp³-hybridized carbons (Fsp3) is 1.00. The molecule has 0 aromatic rings. The molecule has 54 valence electrons. The minimum atomic E-state index is -0.371. The molecule has 0 aliphatic heterocycles. The molecule has 1 aliphatic rings. The Morgan fingerprint density at radius 1 is 1.44 bits per heavy atom. The molecule has 1 aliphatic carbocycles. The first-order valence-corrected chi connectivity index (χ1v) is 4.59. The molecular weight excluding hydrogens is 227 g/mol. The number of alkyl halides is 1. The van der Waals surface area contributed by atoms with Gasteiger partial charge < -0.3 is 5.11 Å². The van der Waals surface area contributed by atoms with Crippen LogP contribution in [0.1, 0.15) is 32.6 Å². The Balaban J connectivity index is 2.35. The van der Waals surface area contributed by atoms with Gasteiger partial charge in [-0.2, -0.15) is 0 Å². The van der Waals surface area contributed by atoms with Crippen molar-refractivity contribution in [3.63, 3.8) is 0 Å². The third-order valence-corrected chi connectivity index (χ3v) is 3.12. The molecule has 0 bridgehead atoms. The average molecular weight is 240 g/mol. The van der Waals surface area contributed by atoms with Crippen molar-refractivity contribution in [2.24, 2.45) is 5.92 Å². The number of hydrogen-bond donors (Lipinski definition) is 1. The zero-order chi connectivity index (χ0) is 6.91. The monoisotopic (exact) mass is 240 g/mol. The molecular formula is C7H13IO. The second-order valence-corrected chi connectivity index (χ2v) is 5.11. The summed E-state index contributed by atoms with van der Waals surface area (Å²) in [6.45, 7) is 2.26. The summed E-state index contributed by atoms with van der Waals surface area (Å²) in [5, 5.41) is 9.48. The van der Waals surface area contributed by atoms with Crippen LogP contribution in [-0.2, 0) is 0 Å². The van der Waals surface area contributed by atoms with Crippen molar-refractivity contribution in [2.75, 3.05) is 0 Å². The largest absolute Gasteiger partial charge is 0.380 e. The highest BCUT2D eigenvalue weighted by Crippen LogP contribution is 2.36. The highest BCUT2D eigenvalue weighted by molar-refractivity contribution is 14.1. The third kappa shape index (κ3) is 2.42. The van der Waals surface area contributed by atoms with E-state index in [0.29, 0.717) is 0 Å². The zero-order valence-corrected chi connectivity index (χ0v) is 7.89. The van der Waals surface area contributed by atoms with E-state index < -0.39 is 0 Å². The van der Waals surface area contributed by atoms with Crippen LogP contribution < -0.4 is 0 Å². The van der Waals surface area contributed by atoms with Crippen molar-refractivity contribution in [1.29, 1.82) is 0 Å². The molecule has 0 aromatic carbocycles. The van der Waals surface area contributed by atoms with Crippen molar-refractivity contribution in [3.05, 3.63) is 0 Å². The van der Waals surface area contributed by atoms with Crippen LogP contribution in [0.5, 0.6) is 0 Å². The Morgan fingerprint density at radius 2 is 1.89 bits per heavy atom. The summed E-state index contributed by atoms with van der Waals surface area (Å²) in [4.78, 5) is 0. The molecule has 0 spiro atoms. The van der Waals surface area contributed by atoms with E-state index in [0.717, 1.165) is 18.8 Å². The number of halogens is 1. The first-order valence-electron chi connectivity index (χ1n) is 3.51.